The fourth-order valence-corrected chi connectivity index (χ4v) is 4.28. The van der Waals surface area contributed by atoms with Gasteiger partial charge in [0.15, 0.2) is 0 Å². The van der Waals surface area contributed by atoms with Gasteiger partial charge in [-0.05, 0) is 56.8 Å². The quantitative estimate of drug-likeness (QED) is 0.520. The Morgan fingerprint density at radius 3 is 2.81 bits per heavy atom. The van der Waals surface area contributed by atoms with Crippen molar-refractivity contribution in [1.82, 2.24) is 4.90 Å². The lowest BCUT2D eigenvalue weighted by atomic mass is 9.94. The van der Waals surface area contributed by atoms with Crippen molar-refractivity contribution in [2.45, 2.75) is 12.8 Å². The van der Waals surface area contributed by atoms with Crippen LogP contribution in [0.15, 0.2) is 65.4 Å². The van der Waals surface area contributed by atoms with E-state index in [1.54, 1.807) is 11.3 Å². The first-order chi connectivity index (χ1) is 13.1. The van der Waals surface area contributed by atoms with Crippen LogP contribution in [-0.4, -0.2) is 16.6 Å². The Balaban J connectivity index is 1.77. The largest absolute Gasteiger partial charge is 0.398 e. The van der Waals surface area contributed by atoms with Gasteiger partial charge in [0.1, 0.15) is 6.23 Å². The molecule has 2 aromatic carbocycles. The second kappa shape index (κ2) is 7.01. The Labute approximate surface area is 162 Å². The molecule has 4 nitrogen and oxygen atoms in total. The minimum absolute atomic E-state index is 0.320. The number of nitrogens with zero attached hydrogens (tertiary/aromatic N) is 2. The molecule has 0 fully saturated rings. The first-order valence-corrected chi connectivity index (χ1v) is 9.57. The molecular formula is C22H19N3OS. The van der Waals surface area contributed by atoms with E-state index in [0.29, 0.717) is 24.4 Å². The summed E-state index contributed by atoms with van der Waals surface area (Å²) in [6.45, 7) is 4.58. The fraction of sp³-hybridized carbons (Fsp3) is 0.136. The summed E-state index contributed by atoms with van der Waals surface area (Å²) in [5, 5.41) is 24.0. The molecule has 0 saturated heterocycles. The van der Waals surface area contributed by atoms with E-state index in [0.717, 1.165) is 27.8 Å². The molecule has 4 rings (SSSR count). The molecule has 1 aliphatic heterocycles. The van der Waals surface area contributed by atoms with Crippen molar-refractivity contribution >= 4 is 17.0 Å². The number of rotatable bonds is 4. The predicted molar refractivity (Wildman–Crippen MR) is 110 cm³/mol. The van der Waals surface area contributed by atoms with Crippen LogP contribution in [0, 0.1) is 11.3 Å². The number of anilines is 1. The standard InChI is InChI=1S/C22H19N3OS/c1-14(10-23)11-25-12-19-18(5-6-20(24)21(19)22(25)26)16-4-2-3-15(9-16)17-7-8-27-13-17/h2-9,13,22,26H,1,11-12,24H2. The molecule has 3 N–H and O–H groups in total. The first kappa shape index (κ1) is 17.5. The summed E-state index contributed by atoms with van der Waals surface area (Å²) in [4.78, 5) is 1.82. The van der Waals surface area contributed by atoms with Gasteiger partial charge >= 0.3 is 0 Å². The maximum Gasteiger partial charge on any atom is 0.136 e. The second-order valence-electron chi connectivity index (χ2n) is 6.68. The number of benzene rings is 2. The van der Waals surface area contributed by atoms with Gasteiger partial charge in [0.2, 0.25) is 0 Å². The van der Waals surface area contributed by atoms with E-state index < -0.39 is 6.23 Å². The molecule has 0 aliphatic carbocycles. The lowest BCUT2D eigenvalue weighted by molar-refractivity contribution is 0.0217. The van der Waals surface area contributed by atoms with E-state index in [2.05, 4.69) is 41.6 Å². The number of nitriles is 1. The first-order valence-electron chi connectivity index (χ1n) is 8.62. The highest BCUT2D eigenvalue weighted by Crippen LogP contribution is 2.42. The SMILES string of the molecule is C=C(C#N)CN1Cc2c(-c3cccc(-c4ccsc4)c3)ccc(N)c2C1O. The molecule has 0 radical (unpaired) electrons. The zero-order valence-electron chi connectivity index (χ0n) is 14.7. The Kier molecular flexibility index (Phi) is 4.54. The van der Waals surface area contributed by atoms with E-state index in [4.69, 9.17) is 11.0 Å². The van der Waals surface area contributed by atoms with Crippen LogP contribution in [0.3, 0.4) is 0 Å². The lowest BCUT2D eigenvalue weighted by Crippen LogP contribution is -2.24. The molecular weight excluding hydrogens is 354 g/mol. The third-order valence-electron chi connectivity index (χ3n) is 4.94. The molecule has 0 spiro atoms. The molecule has 0 saturated carbocycles. The van der Waals surface area contributed by atoms with Gasteiger partial charge in [-0.1, -0.05) is 30.8 Å². The number of thiophene rings is 1. The van der Waals surface area contributed by atoms with Crippen LogP contribution >= 0.6 is 11.3 Å². The Hall–Kier alpha value is -2.91. The highest BCUT2D eigenvalue weighted by Gasteiger charge is 2.32. The smallest absolute Gasteiger partial charge is 0.136 e. The van der Waals surface area contributed by atoms with Gasteiger partial charge in [-0.15, -0.1) is 0 Å². The van der Waals surface area contributed by atoms with Crippen molar-refractivity contribution in [3.8, 4) is 28.3 Å². The summed E-state index contributed by atoms with van der Waals surface area (Å²) in [5.41, 5.74) is 13.4. The molecule has 1 aliphatic rings. The summed E-state index contributed by atoms with van der Waals surface area (Å²) in [6.07, 6.45) is -0.829. The van der Waals surface area contributed by atoms with Crippen molar-refractivity contribution in [2.24, 2.45) is 0 Å². The van der Waals surface area contributed by atoms with Crippen molar-refractivity contribution in [3.63, 3.8) is 0 Å². The van der Waals surface area contributed by atoms with Crippen LogP contribution in [-0.2, 0) is 6.54 Å². The zero-order chi connectivity index (χ0) is 19.0. The number of aliphatic hydroxyl groups is 1. The maximum atomic E-state index is 10.7. The molecule has 27 heavy (non-hydrogen) atoms. The predicted octanol–water partition coefficient (Wildman–Crippen LogP) is 4.55. The minimum Gasteiger partial charge on any atom is -0.398 e. The van der Waals surface area contributed by atoms with E-state index in [-0.39, 0.29) is 0 Å². The number of hydrogen-bond acceptors (Lipinski definition) is 5. The van der Waals surface area contributed by atoms with Crippen LogP contribution in [0.4, 0.5) is 5.69 Å². The molecule has 1 atom stereocenters. The van der Waals surface area contributed by atoms with Crippen molar-refractivity contribution in [2.75, 3.05) is 12.3 Å². The monoisotopic (exact) mass is 373 g/mol. The number of nitrogen functional groups attached to an aromatic ring is 1. The normalized spacial score (nSPS) is 16.1. The highest BCUT2D eigenvalue weighted by molar-refractivity contribution is 7.08. The number of hydrogen-bond donors (Lipinski definition) is 2. The van der Waals surface area contributed by atoms with Gasteiger partial charge in [0.25, 0.3) is 0 Å². The number of nitrogens with two attached hydrogens (primary N) is 1. The second-order valence-corrected chi connectivity index (χ2v) is 7.46. The lowest BCUT2D eigenvalue weighted by Gasteiger charge is -2.19. The Morgan fingerprint density at radius 1 is 1.26 bits per heavy atom. The van der Waals surface area contributed by atoms with Crippen molar-refractivity contribution in [1.29, 1.82) is 5.26 Å². The topological polar surface area (TPSA) is 73.3 Å². The molecule has 1 unspecified atom stereocenters. The molecule has 0 bridgehead atoms. The summed E-state index contributed by atoms with van der Waals surface area (Å²) >= 11 is 1.68. The molecule has 0 amide bonds. The van der Waals surface area contributed by atoms with Crippen LogP contribution in [0.25, 0.3) is 22.3 Å². The molecule has 134 valence electrons. The molecule has 2 heterocycles. The van der Waals surface area contributed by atoms with Crippen LogP contribution in [0.1, 0.15) is 17.4 Å². The third-order valence-corrected chi connectivity index (χ3v) is 5.62. The summed E-state index contributed by atoms with van der Waals surface area (Å²) < 4.78 is 0. The number of fused-ring (bicyclic) bond motifs is 1. The van der Waals surface area contributed by atoms with Gasteiger partial charge in [-0.3, -0.25) is 4.90 Å². The maximum absolute atomic E-state index is 10.7. The van der Waals surface area contributed by atoms with E-state index >= 15 is 0 Å². The van der Waals surface area contributed by atoms with Crippen molar-refractivity contribution in [3.05, 3.63) is 76.5 Å². The van der Waals surface area contributed by atoms with E-state index in [1.807, 2.05) is 29.2 Å². The van der Waals surface area contributed by atoms with Crippen LogP contribution in [0.2, 0.25) is 0 Å². The van der Waals surface area contributed by atoms with Gasteiger partial charge < -0.3 is 10.8 Å². The Bertz CT molecular complexity index is 1050. The minimum atomic E-state index is -0.829. The van der Waals surface area contributed by atoms with Crippen LogP contribution in [0.5, 0.6) is 0 Å². The molecule has 1 aromatic heterocycles. The van der Waals surface area contributed by atoms with Crippen molar-refractivity contribution < 1.29 is 5.11 Å². The summed E-state index contributed by atoms with van der Waals surface area (Å²) in [7, 11) is 0. The summed E-state index contributed by atoms with van der Waals surface area (Å²) in [5.74, 6) is 0. The van der Waals surface area contributed by atoms with Gasteiger partial charge in [0.05, 0.1) is 6.07 Å². The van der Waals surface area contributed by atoms with E-state index in [9.17, 15) is 5.11 Å². The van der Waals surface area contributed by atoms with E-state index in [1.165, 1.54) is 5.56 Å². The fourth-order valence-electron chi connectivity index (χ4n) is 3.62. The third kappa shape index (κ3) is 3.15. The molecule has 5 heteroatoms. The zero-order valence-corrected chi connectivity index (χ0v) is 15.5. The molecule has 3 aromatic rings. The average Bonchev–Trinajstić information content (AvgIpc) is 3.32. The van der Waals surface area contributed by atoms with Gasteiger partial charge in [-0.25, -0.2) is 0 Å². The summed E-state index contributed by atoms with van der Waals surface area (Å²) in [6, 6.07) is 16.4. The average molecular weight is 373 g/mol. The number of aliphatic hydroxyl groups excluding tert-OH is 1. The van der Waals surface area contributed by atoms with Crippen LogP contribution < -0.4 is 5.73 Å². The van der Waals surface area contributed by atoms with Gasteiger partial charge in [0, 0.05) is 29.9 Å². The highest BCUT2D eigenvalue weighted by atomic mass is 32.1. The van der Waals surface area contributed by atoms with Gasteiger partial charge in [-0.2, -0.15) is 16.6 Å². The Morgan fingerprint density at radius 2 is 2.07 bits per heavy atom.